The zero-order chi connectivity index (χ0) is 21.0. The van der Waals surface area contributed by atoms with Gasteiger partial charge >= 0.3 is 0 Å². The normalized spacial score (nSPS) is 11.5. The zero-order valence-corrected chi connectivity index (χ0v) is 15.7. The number of aromatic nitrogens is 1. The SMILES string of the molecule is Cc1cc(Oc2ccc(-c3cc([C@@H](O)CO)cc(C(N)=O)n3)cc2)ccc1C#N. The predicted octanol–water partition coefficient (Wildman–Crippen LogP) is 2.85. The van der Waals surface area contributed by atoms with Crippen LogP contribution in [0.1, 0.15) is 33.3 Å². The second kappa shape index (κ2) is 8.52. The molecule has 0 aliphatic heterocycles. The van der Waals surface area contributed by atoms with E-state index in [-0.39, 0.29) is 5.69 Å². The Morgan fingerprint density at radius 2 is 1.86 bits per heavy atom. The van der Waals surface area contributed by atoms with E-state index in [0.29, 0.717) is 33.9 Å². The van der Waals surface area contributed by atoms with E-state index in [1.165, 1.54) is 6.07 Å². The third-order valence-electron chi connectivity index (χ3n) is 4.36. The van der Waals surface area contributed by atoms with Crippen molar-refractivity contribution in [2.45, 2.75) is 13.0 Å². The van der Waals surface area contributed by atoms with Gasteiger partial charge in [0.05, 0.1) is 23.9 Å². The minimum absolute atomic E-state index is 0.00150. The van der Waals surface area contributed by atoms with Crippen LogP contribution in [0.4, 0.5) is 0 Å². The Bertz CT molecular complexity index is 1090. The van der Waals surface area contributed by atoms with Crippen molar-refractivity contribution in [2.75, 3.05) is 6.61 Å². The summed E-state index contributed by atoms with van der Waals surface area (Å²) in [6.45, 7) is 1.35. The molecule has 3 rings (SSSR count). The minimum Gasteiger partial charge on any atom is -0.457 e. The number of aryl methyl sites for hydroxylation is 1. The Morgan fingerprint density at radius 1 is 1.17 bits per heavy atom. The van der Waals surface area contributed by atoms with Crippen LogP contribution in [0.2, 0.25) is 0 Å². The Morgan fingerprint density at radius 3 is 2.45 bits per heavy atom. The highest BCUT2D eigenvalue weighted by molar-refractivity contribution is 5.91. The molecule has 1 amide bonds. The first-order chi connectivity index (χ1) is 13.9. The van der Waals surface area contributed by atoms with Crippen molar-refractivity contribution in [1.82, 2.24) is 4.98 Å². The molecule has 0 spiro atoms. The summed E-state index contributed by atoms with van der Waals surface area (Å²) in [5, 5.41) is 28.1. The van der Waals surface area contributed by atoms with Crippen LogP contribution in [-0.4, -0.2) is 27.7 Å². The average Bonchev–Trinajstić information content (AvgIpc) is 2.73. The third-order valence-corrected chi connectivity index (χ3v) is 4.36. The molecule has 0 bridgehead atoms. The van der Waals surface area contributed by atoms with Gasteiger partial charge in [0.1, 0.15) is 23.3 Å². The maximum absolute atomic E-state index is 11.6. The second-order valence-corrected chi connectivity index (χ2v) is 6.45. The molecular weight excluding hydrogens is 370 g/mol. The van der Waals surface area contributed by atoms with Gasteiger partial charge in [-0.1, -0.05) is 0 Å². The maximum atomic E-state index is 11.6. The number of carbonyl (C=O) groups is 1. The van der Waals surface area contributed by atoms with E-state index >= 15 is 0 Å². The molecule has 4 N–H and O–H groups in total. The van der Waals surface area contributed by atoms with E-state index in [0.717, 1.165) is 5.56 Å². The fourth-order valence-corrected chi connectivity index (χ4v) is 2.78. The molecular formula is C22H19N3O4. The summed E-state index contributed by atoms with van der Waals surface area (Å²) in [6, 6.07) is 17.3. The summed E-state index contributed by atoms with van der Waals surface area (Å²) < 4.78 is 5.81. The van der Waals surface area contributed by atoms with Gasteiger partial charge in [0.15, 0.2) is 0 Å². The van der Waals surface area contributed by atoms with E-state index in [1.54, 1.807) is 48.5 Å². The van der Waals surface area contributed by atoms with Gasteiger partial charge in [0, 0.05) is 5.56 Å². The molecule has 3 aromatic rings. The van der Waals surface area contributed by atoms with Crippen LogP contribution in [0.5, 0.6) is 11.5 Å². The first-order valence-electron chi connectivity index (χ1n) is 8.81. The van der Waals surface area contributed by atoms with Crippen molar-refractivity contribution in [3.63, 3.8) is 0 Å². The summed E-state index contributed by atoms with van der Waals surface area (Å²) in [4.78, 5) is 15.8. The predicted molar refractivity (Wildman–Crippen MR) is 106 cm³/mol. The molecule has 1 aromatic heterocycles. The summed E-state index contributed by atoms with van der Waals surface area (Å²) in [6.07, 6.45) is -1.14. The molecule has 0 radical (unpaired) electrons. The van der Waals surface area contributed by atoms with E-state index in [4.69, 9.17) is 15.7 Å². The maximum Gasteiger partial charge on any atom is 0.267 e. The molecule has 0 fully saturated rings. The van der Waals surface area contributed by atoms with Gasteiger partial charge in [-0.3, -0.25) is 4.79 Å². The quantitative estimate of drug-likeness (QED) is 0.594. The molecule has 2 aromatic carbocycles. The van der Waals surface area contributed by atoms with E-state index in [1.807, 2.05) is 6.92 Å². The van der Waals surface area contributed by atoms with Crippen LogP contribution in [0.3, 0.4) is 0 Å². The fourth-order valence-electron chi connectivity index (χ4n) is 2.78. The lowest BCUT2D eigenvalue weighted by molar-refractivity contribution is 0.0948. The number of hydrogen-bond donors (Lipinski definition) is 3. The highest BCUT2D eigenvalue weighted by Crippen LogP contribution is 2.28. The molecule has 0 aliphatic rings. The standard InChI is InChI=1S/C22H19N3O4/c1-13-8-18(7-4-15(13)11-23)29-17-5-2-14(3-6-17)19-9-16(21(27)12-26)10-20(25-19)22(24)28/h2-10,21,26-27H,12H2,1H3,(H2,24,28)/t21-/m0/s1. The summed E-state index contributed by atoms with van der Waals surface area (Å²) >= 11 is 0. The van der Waals surface area contributed by atoms with Gasteiger partial charge in [-0.05, 0) is 72.6 Å². The summed E-state index contributed by atoms with van der Waals surface area (Å²) in [7, 11) is 0. The molecule has 0 aliphatic carbocycles. The van der Waals surface area contributed by atoms with Crippen molar-refractivity contribution < 1.29 is 19.7 Å². The van der Waals surface area contributed by atoms with Gasteiger partial charge < -0.3 is 20.7 Å². The van der Waals surface area contributed by atoms with Gasteiger partial charge in [0.2, 0.25) is 0 Å². The lowest BCUT2D eigenvalue weighted by atomic mass is 10.0. The van der Waals surface area contributed by atoms with Crippen LogP contribution in [0.15, 0.2) is 54.6 Å². The molecule has 7 heteroatoms. The Balaban J connectivity index is 1.88. The van der Waals surface area contributed by atoms with Crippen LogP contribution in [0, 0.1) is 18.3 Å². The number of amides is 1. The van der Waals surface area contributed by atoms with Crippen molar-refractivity contribution in [1.29, 1.82) is 5.26 Å². The molecule has 0 unspecified atom stereocenters. The van der Waals surface area contributed by atoms with Crippen LogP contribution in [0.25, 0.3) is 11.3 Å². The highest BCUT2D eigenvalue weighted by Gasteiger charge is 2.14. The minimum atomic E-state index is -1.14. The first kappa shape index (κ1) is 20.0. The lowest BCUT2D eigenvalue weighted by Gasteiger charge is -2.12. The Hall–Kier alpha value is -3.73. The molecule has 0 saturated heterocycles. The number of carbonyl (C=O) groups excluding carboxylic acids is 1. The third kappa shape index (κ3) is 4.58. The molecule has 0 saturated carbocycles. The summed E-state index contributed by atoms with van der Waals surface area (Å²) in [5.41, 5.74) is 8.21. The summed E-state index contributed by atoms with van der Waals surface area (Å²) in [5.74, 6) is 0.463. The van der Waals surface area contributed by atoms with Crippen molar-refractivity contribution in [3.8, 4) is 28.8 Å². The molecule has 1 heterocycles. The monoisotopic (exact) mass is 389 g/mol. The van der Waals surface area contributed by atoms with E-state index < -0.39 is 18.6 Å². The smallest absolute Gasteiger partial charge is 0.267 e. The number of nitriles is 1. The van der Waals surface area contributed by atoms with Gasteiger partial charge in [-0.25, -0.2) is 4.98 Å². The topological polar surface area (TPSA) is 129 Å². The number of aliphatic hydroxyl groups is 2. The van der Waals surface area contributed by atoms with Gasteiger partial charge in [0.25, 0.3) is 5.91 Å². The fraction of sp³-hybridized carbons (Fsp3) is 0.136. The van der Waals surface area contributed by atoms with Crippen molar-refractivity contribution >= 4 is 5.91 Å². The van der Waals surface area contributed by atoms with Crippen LogP contribution >= 0.6 is 0 Å². The Labute approximate surface area is 167 Å². The number of nitrogens with zero attached hydrogens (tertiary/aromatic N) is 2. The number of nitrogens with two attached hydrogens (primary N) is 1. The highest BCUT2D eigenvalue weighted by atomic mass is 16.5. The average molecular weight is 389 g/mol. The van der Waals surface area contributed by atoms with Crippen molar-refractivity contribution in [2.24, 2.45) is 5.73 Å². The second-order valence-electron chi connectivity index (χ2n) is 6.45. The largest absolute Gasteiger partial charge is 0.457 e. The van der Waals surface area contributed by atoms with Crippen LogP contribution < -0.4 is 10.5 Å². The van der Waals surface area contributed by atoms with E-state index in [2.05, 4.69) is 11.1 Å². The number of ether oxygens (including phenoxy) is 1. The molecule has 146 valence electrons. The first-order valence-corrected chi connectivity index (χ1v) is 8.81. The van der Waals surface area contributed by atoms with Crippen molar-refractivity contribution in [3.05, 3.63) is 77.0 Å². The van der Waals surface area contributed by atoms with Gasteiger partial charge in [-0.15, -0.1) is 0 Å². The molecule has 7 nitrogen and oxygen atoms in total. The lowest BCUT2D eigenvalue weighted by Crippen LogP contribution is -2.15. The number of primary amides is 1. The number of pyridine rings is 1. The van der Waals surface area contributed by atoms with E-state index in [9.17, 15) is 15.0 Å². The number of hydrogen-bond acceptors (Lipinski definition) is 6. The molecule has 1 atom stereocenters. The number of rotatable bonds is 6. The van der Waals surface area contributed by atoms with Gasteiger partial charge in [-0.2, -0.15) is 5.26 Å². The number of aliphatic hydroxyl groups excluding tert-OH is 2. The number of benzene rings is 2. The zero-order valence-electron chi connectivity index (χ0n) is 15.7. The van der Waals surface area contributed by atoms with Crippen LogP contribution in [-0.2, 0) is 0 Å². The Kier molecular flexibility index (Phi) is 5.88. The molecule has 29 heavy (non-hydrogen) atoms.